The summed E-state index contributed by atoms with van der Waals surface area (Å²) < 4.78 is 11.5. The first-order valence-electron chi connectivity index (χ1n) is 6.55. The summed E-state index contributed by atoms with van der Waals surface area (Å²) >= 11 is 5.94. The molecule has 0 bridgehead atoms. The highest BCUT2D eigenvalue weighted by Gasteiger charge is 2.43. The van der Waals surface area contributed by atoms with Gasteiger partial charge in [-0.1, -0.05) is 12.1 Å². The Morgan fingerprint density at radius 1 is 1.37 bits per heavy atom. The van der Waals surface area contributed by atoms with Crippen LogP contribution in [-0.2, 0) is 5.88 Å². The van der Waals surface area contributed by atoms with Crippen molar-refractivity contribution in [3.63, 3.8) is 0 Å². The third-order valence-corrected chi connectivity index (χ3v) is 3.73. The maximum Gasteiger partial charge on any atom is 0.165 e. The molecule has 0 saturated heterocycles. The van der Waals surface area contributed by atoms with Crippen LogP contribution in [0.3, 0.4) is 0 Å². The minimum atomic E-state index is 0.0532. The standard InChI is InChI=1S/C15H18ClNO2/c1-2-18-13-5-3-4-12(10-16)14(13)19-11-15(6-7-15)8-9-17/h3-5H,2,6-8,10-11H2,1H3. The van der Waals surface area contributed by atoms with Crippen molar-refractivity contribution >= 4 is 11.6 Å². The molecule has 0 N–H and O–H groups in total. The smallest absolute Gasteiger partial charge is 0.165 e. The lowest BCUT2D eigenvalue weighted by Gasteiger charge is -2.18. The van der Waals surface area contributed by atoms with E-state index < -0.39 is 0 Å². The number of hydrogen-bond donors (Lipinski definition) is 0. The molecule has 0 atom stereocenters. The van der Waals surface area contributed by atoms with Gasteiger partial charge in [0, 0.05) is 17.4 Å². The van der Waals surface area contributed by atoms with Crippen molar-refractivity contribution in [3.05, 3.63) is 23.8 Å². The monoisotopic (exact) mass is 279 g/mol. The van der Waals surface area contributed by atoms with Gasteiger partial charge in [0.15, 0.2) is 11.5 Å². The van der Waals surface area contributed by atoms with E-state index in [1.54, 1.807) is 0 Å². The van der Waals surface area contributed by atoms with Crippen LogP contribution in [0.4, 0.5) is 0 Å². The van der Waals surface area contributed by atoms with Gasteiger partial charge in [-0.3, -0.25) is 0 Å². The molecule has 1 aliphatic rings. The average Bonchev–Trinajstić information content (AvgIpc) is 3.18. The van der Waals surface area contributed by atoms with Gasteiger partial charge < -0.3 is 9.47 Å². The Kier molecular flexibility index (Phi) is 4.55. The van der Waals surface area contributed by atoms with Crippen LogP contribution in [0.5, 0.6) is 11.5 Å². The fourth-order valence-corrected chi connectivity index (χ4v) is 2.25. The molecule has 0 aliphatic heterocycles. The molecule has 1 fully saturated rings. The van der Waals surface area contributed by atoms with Gasteiger partial charge in [-0.25, -0.2) is 0 Å². The van der Waals surface area contributed by atoms with E-state index in [9.17, 15) is 0 Å². The second-order valence-electron chi connectivity index (χ2n) is 4.93. The number of halogens is 1. The number of alkyl halides is 1. The molecule has 4 heteroatoms. The zero-order valence-electron chi connectivity index (χ0n) is 11.1. The molecule has 1 aromatic carbocycles. The van der Waals surface area contributed by atoms with Crippen LogP contribution in [0.15, 0.2) is 18.2 Å². The second-order valence-corrected chi connectivity index (χ2v) is 5.20. The highest BCUT2D eigenvalue weighted by molar-refractivity contribution is 6.17. The molecule has 0 amide bonds. The van der Waals surface area contributed by atoms with E-state index in [0.717, 1.165) is 29.9 Å². The third kappa shape index (κ3) is 3.33. The van der Waals surface area contributed by atoms with Crippen molar-refractivity contribution < 1.29 is 9.47 Å². The summed E-state index contributed by atoms with van der Waals surface area (Å²) in [6.45, 7) is 3.09. The van der Waals surface area contributed by atoms with Crippen LogP contribution >= 0.6 is 11.6 Å². The maximum absolute atomic E-state index is 8.83. The molecule has 0 aromatic heterocycles. The third-order valence-electron chi connectivity index (χ3n) is 3.44. The highest BCUT2D eigenvalue weighted by Crippen LogP contribution is 2.49. The van der Waals surface area contributed by atoms with Gasteiger partial charge >= 0.3 is 0 Å². The number of nitriles is 1. The van der Waals surface area contributed by atoms with Crippen molar-refractivity contribution in [2.75, 3.05) is 13.2 Å². The van der Waals surface area contributed by atoms with Gasteiger partial charge in [-0.05, 0) is 25.8 Å². The Morgan fingerprint density at radius 2 is 2.16 bits per heavy atom. The van der Waals surface area contributed by atoms with Crippen molar-refractivity contribution in [2.45, 2.75) is 32.1 Å². The number of rotatable bonds is 7. The molecule has 0 heterocycles. The van der Waals surface area contributed by atoms with E-state index in [0.29, 0.717) is 25.5 Å². The van der Waals surface area contributed by atoms with Crippen LogP contribution in [0, 0.1) is 16.7 Å². The van der Waals surface area contributed by atoms with Gasteiger partial charge in [0.1, 0.15) is 0 Å². The van der Waals surface area contributed by atoms with E-state index >= 15 is 0 Å². The summed E-state index contributed by atoms with van der Waals surface area (Å²) in [5.74, 6) is 1.85. The minimum absolute atomic E-state index is 0.0532. The van der Waals surface area contributed by atoms with E-state index in [-0.39, 0.29) is 5.41 Å². The van der Waals surface area contributed by atoms with Gasteiger partial charge in [0.05, 0.1) is 25.2 Å². The second kappa shape index (κ2) is 6.16. The van der Waals surface area contributed by atoms with E-state index in [1.807, 2.05) is 25.1 Å². The van der Waals surface area contributed by atoms with E-state index in [4.69, 9.17) is 26.3 Å². The first-order chi connectivity index (χ1) is 9.24. The molecule has 2 rings (SSSR count). The summed E-state index contributed by atoms with van der Waals surface area (Å²) in [4.78, 5) is 0. The SMILES string of the molecule is CCOc1cccc(CCl)c1OCC1(CC#N)CC1. The number of benzene rings is 1. The van der Waals surface area contributed by atoms with Crippen LogP contribution in [-0.4, -0.2) is 13.2 Å². The normalized spacial score (nSPS) is 15.6. The maximum atomic E-state index is 8.83. The zero-order valence-corrected chi connectivity index (χ0v) is 11.9. The lowest BCUT2D eigenvalue weighted by atomic mass is 10.1. The summed E-state index contributed by atoms with van der Waals surface area (Å²) in [6.07, 6.45) is 2.68. The average molecular weight is 280 g/mol. The van der Waals surface area contributed by atoms with Crippen molar-refractivity contribution in [1.29, 1.82) is 5.26 Å². The number of nitrogens with zero attached hydrogens (tertiary/aromatic N) is 1. The van der Waals surface area contributed by atoms with Crippen LogP contribution in [0.25, 0.3) is 0 Å². The molecule has 0 spiro atoms. The highest BCUT2D eigenvalue weighted by atomic mass is 35.5. The molecule has 1 saturated carbocycles. The predicted octanol–water partition coefficient (Wildman–Crippen LogP) is 3.90. The quantitative estimate of drug-likeness (QED) is 0.711. The van der Waals surface area contributed by atoms with E-state index in [1.165, 1.54) is 0 Å². The molecule has 1 aliphatic carbocycles. The molecular weight excluding hydrogens is 262 g/mol. The van der Waals surface area contributed by atoms with E-state index in [2.05, 4.69) is 6.07 Å². The predicted molar refractivity (Wildman–Crippen MR) is 74.6 cm³/mol. The van der Waals surface area contributed by atoms with Gasteiger partial charge in [-0.15, -0.1) is 11.6 Å². The Hall–Kier alpha value is -1.40. The fraction of sp³-hybridized carbons (Fsp3) is 0.533. The van der Waals surface area contributed by atoms with Gasteiger partial charge in [0.2, 0.25) is 0 Å². The molecular formula is C15H18ClNO2. The first-order valence-corrected chi connectivity index (χ1v) is 7.08. The molecule has 0 unspecified atom stereocenters. The topological polar surface area (TPSA) is 42.2 Å². The Bertz CT molecular complexity index is 478. The summed E-state index contributed by atoms with van der Waals surface area (Å²) in [6, 6.07) is 7.98. The lowest BCUT2D eigenvalue weighted by Crippen LogP contribution is -2.13. The van der Waals surface area contributed by atoms with Crippen LogP contribution in [0.1, 0.15) is 31.7 Å². The summed E-state index contributed by atoms with van der Waals surface area (Å²) in [7, 11) is 0. The van der Waals surface area contributed by atoms with Crippen LogP contribution < -0.4 is 9.47 Å². The Morgan fingerprint density at radius 3 is 2.74 bits per heavy atom. The van der Waals surface area contributed by atoms with Gasteiger partial charge in [0.25, 0.3) is 0 Å². The number of para-hydroxylation sites is 1. The molecule has 102 valence electrons. The van der Waals surface area contributed by atoms with Crippen molar-refractivity contribution in [3.8, 4) is 17.6 Å². The molecule has 19 heavy (non-hydrogen) atoms. The first kappa shape index (κ1) is 14.0. The fourth-order valence-electron chi connectivity index (χ4n) is 2.04. The van der Waals surface area contributed by atoms with Crippen LogP contribution in [0.2, 0.25) is 0 Å². The van der Waals surface area contributed by atoms with Gasteiger partial charge in [-0.2, -0.15) is 5.26 Å². The number of hydrogen-bond acceptors (Lipinski definition) is 3. The zero-order chi connectivity index (χ0) is 13.7. The minimum Gasteiger partial charge on any atom is -0.490 e. The largest absolute Gasteiger partial charge is 0.490 e. The molecule has 3 nitrogen and oxygen atoms in total. The van der Waals surface area contributed by atoms with Crippen molar-refractivity contribution in [1.82, 2.24) is 0 Å². The lowest BCUT2D eigenvalue weighted by molar-refractivity contribution is 0.220. The Balaban J connectivity index is 2.12. The summed E-state index contributed by atoms with van der Waals surface area (Å²) in [5, 5.41) is 8.83. The molecule has 1 aromatic rings. The summed E-state index contributed by atoms with van der Waals surface area (Å²) in [5.41, 5.74) is 0.984. The van der Waals surface area contributed by atoms with Crippen molar-refractivity contribution in [2.24, 2.45) is 5.41 Å². The Labute approximate surface area is 119 Å². The number of ether oxygens (including phenoxy) is 2. The molecule has 0 radical (unpaired) electrons.